The lowest BCUT2D eigenvalue weighted by Gasteiger charge is -2.36. The lowest BCUT2D eigenvalue weighted by Crippen LogP contribution is -2.39. The molecule has 0 atom stereocenters. The fourth-order valence-electron chi connectivity index (χ4n) is 1.90. The highest BCUT2D eigenvalue weighted by atomic mass is 15.4. The lowest BCUT2D eigenvalue weighted by molar-refractivity contribution is 0.193. The van der Waals surface area contributed by atoms with Gasteiger partial charge in [-0.2, -0.15) is 0 Å². The van der Waals surface area contributed by atoms with Crippen molar-refractivity contribution >= 4 is 0 Å². The van der Waals surface area contributed by atoms with Crippen molar-refractivity contribution in [1.82, 2.24) is 9.80 Å². The molecular weight excluding hydrogens is 160 g/mol. The summed E-state index contributed by atoms with van der Waals surface area (Å²) in [5.74, 6) is 1.18. The molecule has 0 saturated carbocycles. The van der Waals surface area contributed by atoms with E-state index in [0.717, 1.165) is 13.1 Å². The molecule has 1 aliphatic heterocycles. The first-order valence-electron chi connectivity index (χ1n) is 5.07. The van der Waals surface area contributed by atoms with Crippen molar-refractivity contribution in [2.24, 2.45) is 0 Å². The molecular formula is C11H22N2. The molecule has 2 heteroatoms. The maximum atomic E-state index is 4.16. The van der Waals surface area contributed by atoms with Crippen LogP contribution in [-0.4, -0.2) is 34.5 Å². The molecule has 0 radical (unpaired) electrons. The molecule has 0 N–H and O–H groups in total. The van der Waals surface area contributed by atoms with Gasteiger partial charge in [0.15, 0.2) is 0 Å². The zero-order valence-electron chi connectivity index (χ0n) is 9.59. The molecule has 0 aliphatic carbocycles. The SMILES string of the molecule is C=C1N(C(C)C)CCN1C(C)(C)C. The highest BCUT2D eigenvalue weighted by molar-refractivity contribution is 5.05. The van der Waals surface area contributed by atoms with Gasteiger partial charge in [0.25, 0.3) is 0 Å². The molecule has 0 aromatic rings. The van der Waals surface area contributed by atoms with Crippen LogP contribution in [-0.2, 0) is 0 Å². The summed E-state index contributed by atoms with van der Waals surface area (Å²) in [6, 6.07) is 0.569. The van der Waals surface area contributed by atoms with E-state index in [4.69, 9.17) is 0 Å². The summed E-state index contributed by atoms with van der Waals surface area (Å²) < 4.78 is 0. The summed E-state index contributed by atoms with van der Waals surface area (Å²) in [6.07, 6.45) is 0. The molecule has 1 aliphatic rings. The first kappa shape index (κ1) is 10.4. The minimum atomic E-state index is 0.209. The van der Waals surface area contributed by atoms with Crippen LogP contribution in [0.1, 0.15) is 34.6 Å². The van der Waals surface area contributed by atoms with Crippen LogP contribution < -0.4 is 0 Å². The standard InChI is InChI=1S/C11H22N2/c1-9(2)12-7-8-13(10(12)3)11(4,5)6/h9H,3,7-8H2,1-2,4-6H3. The minimum absolute atomic E-state index is 0.209. The normalized spacial score (nSPS) is 19.1. The van der Waals surface area contributed by atoms with Crippen molar-refractivity contribution in [3.63, 3.8) is 0 Å². The van der Waals surface area contributed by atoms with Crippen LogP contribution in [0.15, 0.2) is 12.4 Å². The first-order valence-corrected chi connectivity index (χ1v) is 5.07. The first-order chi connectivity index (χ1) is 5.84. The van der Waals surface area contributed by atoms with Crippen LogP contribution in [0, 0.1) is 0 Å². The van der Waals surface area contributed by atoms with Crippen LogP contribution in [0.25, 0.3) is 0 Å². The topological polar surface area (TPSA) is 6.48 Å². The molecule has 2 nitrogen and oxygen atoms in total. The van der Waals surface area contributed by atoms with E-state index in [1.165, 1.54) is 5.82 Å². The Morgan fingerprint density at radius 1 is 1.23 bits per heavy atom. The highest BCUT2D eigenvalue weighted by Gasteiger charge is 2.31. The Balaban J connectivity index is 2.72. The van der Waals surface area contributed by atoms with Gasteiger partial charge in [0, 0.05) is 24.7 Å². The summed E-state index contributed by atoms with van der Waals surface area (Å²) in [4.78, 5) is 4.75. The fourth-order valence-corrected chi connectivity index (χ4v) is 1.90. The van der Waals surface area contributed by atoms with Crippen LogP contribution in [0.3, 0.4) is 0 Å². The molecule has 0 spiro atoms. The second kappa shape index (κ2) is 3.24. The summed E-state index contributed by atoms with van der Waals surface area (Å²) in [5.41, 5.74) is 0.209. The van der Waals surface area contributed by atoms with Crippen LogP contribution in [0.2, 0.25) is 0 Å². The van der Waals surface area contributed by atoms with E-state index in [9.17, 15) is 0 Å². The number of hydrogen-bond acceptors (Lipinski definition) is 2. The van der Waals surface area contributed by atoms with E-state index >= 15 is 0 Å². The largest absolute Gasteiger partial charge is 0.355 e. The maximum absolute atomic E-state index is 4.16. The van der Waals surface area contributed by atoms with Crippen molar-refractivity contribution in [2.75, 3.05) is 13.1 Å². The molecule has 76 valence electrons. The van der Waals surface area contributed by atoms with E-state index in [-0.39, 0.29) is 5.54 Å². The third-order valence-electron chi connectivity index (χ3n) is 2.64. The van der Waals surface area contributed by atoms with Crippen LogP contribution in [0.5, 0.6) is 0 Å². The Labute approximate surface area is 82.2 Å². The van der Waals surface area contributed by atoms with E-state index in [1.54, 1.807) is 0 Å². The zero-order valence-corrected chi connectivity index (χ0v) is 9.59. The Bertz CT molecular complexity index is 201. The van der Waals surface area contributed by atoms with Gasteiger partial charge in [-0.3, -0.25) is 0 Å². The molecule has 1 saturated heterocycles. The van der Waals surface area contributed by atoms with Gasteiger partial charge in [-0.25, -0.2) is 0 Å². The Kier molecular flexibility index (Phi) is 2.60. The molecule has 13 heavy (non-hydrogen) atoms. The summed E-state index contributed by atoms with van der Waals surface area (Å²) in [6.45, 7) is 17.5. The monoisotopic (exact) mass is 182 g/mol. The van der Waals surface area contributed by atoms with Crippen LogP contribution in [0.4, 0.5) is 0 Å². The van der Waals surface area contributed by atoms with Gasteiger partial charge in [0.05, 0.1) is 5.82 Å². The Hall–Kier alpha value is -0.660. The average molecular weight is 182 g/mol. The van der Waals surface area contributed by atoms with Gasteiger partial charge in [-0.05, 0) is 34.6 Å². The second-order valence-electron chi connectivity index (χ2n) is 5.03. The molecule has 1 rings (SSSR count). The van der Waals surface area contributed by atoms with Gasteiger partial charge in [-0.1, -0.05) is 6.58 Å². The maximum Gasteiger partial charge on any atom is 0.0973 e. The molecule has 1 heterocycles. The van der Waals surface area contributed by atoms with E-state index in [0.29, 0.717) is 6.04 Å². The molecule has 1 fully saturated rings. The van der Waals surface area contributed by atoms with E-state index < -0.39 is 0 Å². The quantitative estimate of drug-likeness (QED) is 0.614. The third-order valence-corrected chi connectivity index (χ3v) is 2.64. The summed E-state index contributed by atoms with van der Waals surface area (Å²) in [7, 11) is 0. The molecule has 0 unspecified atom stereocenters. The average Bonchev–Trinajstić information content (AvgIpc) is 2.28. The van der Waals surface area contributed by atoms with Crippen LogP contribution >= 0.6 is 0 Å². The number of rotatable bonds is 1. The second-order valence-corrected chi connectivity index (χ2v) is 5.03. The lowest BCUT2D eigenvalue weighted by atomic mass is 10.1. The summed E-state index contributed by atoms with van der Waals surface area (Å²) >= 11 is 0. The van der Waals surface area contributed by atoms with Crippen molar-refractivity contribution in [1.29, 1.82) is 0 Å². The molecule has 0 bridgehead atoms. The van der Waals surface area contributed by atoms with Gasteiger partial charge >= 0.3 is 0 Å². The van der Waals surface area contributed by atoms with Crippen molar-refractivity contribution in [2.45, 2.75) is 46.2 Å². The molecule has 0 aromatic heterocycles. The van der Waals surface area contributed by atoms with Gasteiger partial charge in [0.1, 0.15) is 0 Å². The highest BCUT2D eigenvalue weighted by Crippen LogP contribution is 2.27. The van der Waals surface area contributed by atoms with Crippen molar-refractivity contribution < 1.29 is 0 Å². The van der Waals surface area contributed by atoms with E-state index in [1.807, 2.05) is 0 Å². The van der Waals surface area contributed by atoms with E-state index in [2.05, 4.69) is 51.0 Å². The van der Waals surface area contributed by atoms with Gasteiger partial charge < -0.3 is 9.80 Å². The van der Waals surface area contributed by atoms with Crippen molar-refractivity contribution in [3.8, 4) is 0 Å². The Morgan fingerprint density at radius 3 is 2.00 bits per heavy atom. The molecule has 0 aromatic carbocycles. The predicted molar refractivity (Wildman–Crippen MR) is 57.4 cm³/mol. The fraction of sp³-hybridized carbons (Fsp3) is 0.818. The Morgan fingerprint density at radius 2 is 1.77 bits per heavy atom. The summed E-state index contributed by atoms with van der Waals surface area (Å²) in [5, 5.41) is 0. The third kappa shape index (κ3) is 1.98. The number of hydrogen-bond donors (Lipinski definition) is 0. The number of nitrogens with zero attached hydrogens (tertiary/aromatic N) is 2. The minimum Gasteiger partial charge on any atom is -0.355 e. The predicted octanol–water partition coefficient (Wildman–Crippen LogP) is 2.28. The smallest absolute Gasteiger partial charge is 0.0973 e. The zero-order chi connectivity index (χ0) is 10.2. The van der Waals surface area contributed by atoms with Gasteiger partial charge in [-0.15, -0.1) is 0 Å². The molecule has 0 amide bonds. The van der Waals surface area contributed by atoms with Gasteiger partial charge in [0.2, 0.25) is 0 Å². The van der Waals surface area contributed by atoms with Crippen molar-refractivity contribution in [3.05, 3.63) is 12.4 Å².